The van der Waals surface area contributed by atoms with Crippen molar-refractivity contribution >= 4 is 0 Å². The SMILES string of the molecule is O=[N+]([O-])[O-].O=[N+]([O-])[O-]. The minimum Gasteiger partial charge on any atom is -0.356 e. The molecule has 0 saturated carbocycles. The van der Waals surface area contributed by atoms with E-state index in [4.69, 9.17) is 30.6 Å². The molecular formula is N2O6-2. The summed E-state index contributed by atoms with van der Waals surface area (Å²) < 4.78 is 0. The molecule has 0 atom stereocenters. The standard InChI is InChI=1S/2NO3/c2*2-1(3)4/q2*-1. The van der Waals surface area contributed by atoms with Gasteiger partial charge in [0.15, 0.2) is 0 Å². The Morgan fingerprint density at radius 3 is 0.750 bits per heavy atom. The van der Waals surface area contributed by atoms with E-state index in [0.717, 1.165) is 0 Å². The zero-order chi connectivity index (χ0) is 7.15. The minimum atomic E-state index is -1.75. The first-order valence-electron chi connectivity index (χ1n) is 1.10. The van der Waals surface area contributed by atoms with Crippen LogP contribution in [0.4, 0.5) is 0 Å². The molecule has 0 aromatic heterocycles. The van der Waals surface area contributed by atoms with Crippen LogP contribution < -0.4 is 0 Å². The van der Waals surface area contributed by atoms with Gasteiger partial charge in [-0.3, -0.25) is 0 Å². The average Bonchev–Trinajstić information content (AvgIpc) is 1.25. The highest BCUT2D eigenvalue weighted by atomic mass is 16.9. The molecule has 0 aliphatic heterocycles. The van der Waals surface area contributed by atoms with Crippen LogP contribution in [0.25, 0.3) is 0 Å². The molecular weight excluding hydrogens is 124 g/mol. The van der Waals surface area contributed by atoms with Crippen molar-refractivity contribution in [2.75, 3.05) is 0 Å². The third-order valence-corrected chi connectivity index (χ3v) is 0. The van der Waals surface area contributed by atoms with Gasteiger partial charge in [0.1, 0.15) is 0 Å². The third-order valence-electron chi connectivity index (χ3n) is 0. The third kappa shape index (κ3) is 19.9. The van der Waals surface area contributed by atoms with Crippen molar-refractivity contribution in [3.8, 4) is 0 Å². The van der Waals surface area contributed by atoms with Crippen LogP contribution in [0.15, 0.2) is 0 Å². The molecule has 0 saturated heterocycles. The summed E-state index contributed by atoms with van der Waals surface area (Å²) in [6, 6.07) is 0. The van der Waals surface area contributed by atoms with Crippen molar-refractivity contribution in [1.29, 1.82) is 0 Å². The fourth-order valence-electron chi connectivity index (χ4n) is 0. The van der Waals surface area contributed by atoms with Crippen LogP contribution >= 0.6 is 0 Å². The van der Waals surface area contributed by atoms with Crippen LogP contribution in [0, 0.1) is 30.6 Å². The minimum absolute atomic E-state index is 1.75. The van der Waals surface area contributed by atoms with Crippen LogP contribution in [0.1, 0.15) is 0 Å². The summed E-state index contributed by atoms with van der Waals surface area (Å²) >= 11 is 0. The number of hydrogen-bond acceptors (Lipinski definition) is 6. The molecule has 8 heavy (non-hydrogen) atoms. The van der Waals surface area contributed by atoms with E-state index in [2.05, 4.69) is 0 Å². The molecule has 8 heteroatoms. The van der Waals surface area contributed by atoms with E-state index >= 15 is 0 Å². The maximum absolute atomic E-state index is 8.25. The second-order valence-corrected chi connectivity index (χ2v) is 0.447. The summed E-state index contributed by atoms with van der Waals surface area (Å²) in [5, 5.41) is 29.5. The molecule has 0 radical (unpaired) electrons. The lowest BCUT2D eigenvalue weighted by atomic mass is 13.1. The Morgan fingerprint density at radius 2 is 0.750 bits per heavy atom. The van der Waals surface area contributed by atoms with Crippen molar-refractivity contribution in [1.82, 2.24) is 0 Å². The van der Waals surface area contributed by atoms with E-state index in [1.165, 1.54) is 0 Å². The number of nitrogens with zero attached hydrogens (tertiary/aromatic N) is 2. The van der Waals surface area contributed by atoms with E-state index in [0.29, 0.717) is 0 Å². The van der Waals surface area contributed by atoms with Crippen molar-refractivity contribution in [3.63, 3.8) is 0 Å². The van der Waals surface area contributed by atoms with Gasteiger partial charge in [0, 0.05) is 0 Å². The lowest BCUT2D eigenvalue weighted by Crippen LogP contribution is -1.74. The summed E-state index contributed by atoms with van der Waals surface area (Å²) in [6.07, 6.45) is 0. The molecule has 0 N–H and O–H groups in total. The van der Waals surface area contributed by atoms with Crippen molar-refractivity contribution < 1.29 is 10.2 Å². The maximum atomic E-state index is 8.25. The first-order valence-corrected chi connectivity index (χ1v) is 1.10. The predicted molar refractivity (Wildman–Crippen MR) is 20.7 cm³/mol. The molecule has 0 amide bonds. The molecule has 0 fully saturated rings. The molecule has 8 nitrogen and oxygen atoms in total. The maximum Gasteiger partial charge on any atom is 0.0689 e. The Kier molecular flexibility index (Phi) is 6.51. The molecule has 0 spiro atoms. The largest absolute Gasteiger partial charge is 0.356 e. The quantitative estimate of drug-likeness (QED) is 0.316. The number of hydrogen-bond donors (Lipinski definition) is 0. The first-order chi connectivity index (χ1) is 3.46. The van der Waals surface area contributed by atoms with Gasteiger partial charge >= 0.3 is 0 Å². The molecule has 0 aliphatic carbocycles. The van der Waals surface area contributed by atoms with Gasteiger partial charge in [-0.1, -0.05) is 0 Å². The van der Waals surface area contributed by atoms with Crippen molar-refractivity contribution in [2.45, 2.75) is 0 Å². The van der Waals surface area contributed by atoms with Gasteiger partial charge in [-0.05, 0) is 0 Å². The Balaban J connectivity index is 0. The topological polar surface area (TPSA) is 132 Å². The molecule has 0 unspecified atom stereocenters. The average molecular weight is 124 g/mol. The first kappa shape index (κ1) is 9.64. The van der Waals surface area contributed by atoms with Gasteiger partial charge in [0.2, 0.25) is 0 Å². The smallest absolute Gasteiger partial charge is 0.0689 e. The van der Waals surface area contributed by atoms with Crippen LogP contribution in [-0.2, 0) is 0 Å². The van der Waals surface area contributed by atoms with Crippen molar-refractivity contribution in [3.05, 3.63) is 30.6 Å². The van der Waals surface area contributed by atoms with Gasteiger partial charge < -0.3 is 30.6 Å². The van der Waals surface area contributed by atoms with E-state index in [-0.39, 0.29) is 0 Å². The lowest BCUT2D eigenvalue weighted by Gasteiger charge is -1.74. The fraction of sp³-hybridized carbons (Fsp3) is 0. The number of rotatable bonds is 0. The van der Waals surface area contributed by atoms with E-state index in [9.17, 15) is 0 Å². The Labute approximate surface area is 42.2 Å². The molecule has 0 aliphatic rings. The van der Waals surface area contributed by atoms with Gasteiger partial charge in [0.25, 0.3) is 0 Å². The van der Waals surface area contributed by atoms with Gasteiger partial charge in [-0.25, -0.2) is 0 Å². The van der Waals surface area contributed by atoms with Crippen LogP contribution in [-0.4, -0.2) is 10.2 Å². The van der Waals surface area contributed by atoms with Gasteiger partial charge in [-0.2, -0.15) is 0 Å². The van der Waals surface area contributed by atoms with E-state index in [1.807, 2.05) is 0 Å². The normalized spacial score (nSPS) is 6.00. The zero-order valence-corrected chi connectivity index (χ0v) is 3.34. The van der Waals surface area contributed by atoms with Crippen LogP contribution in [0.3, 0.4) is 0 Å². The molecule has 0 aromatic carbocycles. The Bertz CT molecular complexity index is 64.5. The summed E-state index contributed by atoms with van der Waals surface area (Å²) in [5.41, 5.74) is 0. The second kappa shape index (κ2) is 5.40. The molecule has 0 aromatic rings. The Morgan fingerprint density at radius 1 is 0.750 bits per heavy atom. The molecule has 0 rings (SSSR count). The van der Waals surface area contributed by atoms with Gasteiger partial charge in [0.05, 0.1) is 10.2 Å². The lowest BCUT2D eigenvalue weighted by molar-refractivity contribution is -0.403. The summed E-state index contributed by atoms with van der Waals surface area (Å²) in [4.78, 5) is 16.5. The Hall–Kier alpha value is -1.60. The van der Waals surface area contributed by atoms with Crippen molar-refractivity contribution in [2.24, 2.45) is 0 Å². The second-order valence-electron chi connectivity index (χ2n) is 0.447. The zero-order valence-electron chi connectivity index (χ0n) is 3.34. The summed E-state index contributed by atoms with van der Waals surface area (Å²) in [6.45, 7) is 0. The molecule has 48 valence electrons. The predicted octanol–water partition coefficient (Wildman–Crippen LogP) is -0.478. The molecule has 0 heterocycles. The van der Waals surface area contributed by atoms with E-state index in [1.54, 1.807) is 0 Å². The highest BCUT2D eigenvalue weighted by molar-refractivity contribution is 4.04. The van der Waals surface area contributed by atoms with E-state index < -0.39 is 10.2 Å². The van der Waals surface area contributed by atoms with Gasteiger partial charge in [-0.15, -0.1) is 0 Å². The summed E-state index contributed by atoms with van der Waals surface area (Å²) in [5.74, 6) is 0. The fourth-order valence-corrected chi connectivity index (χ4v) is 0. The monoisotopic (exact) mass is 124 g/mol. The highest BCUT2D eigenvalue weighted by Gasteiger charge is 1.46. The van der Waals surface area contributed by atoms with Crippen LogP contribution in [0.2, 0.25) is 0 Å². The molecule has 0 bridgehead atoms. The van der Waals surface area contributed by atoms with Crippen LogP contribution in [0.5, 0.6) is 0 Å². The summed E-state index contributed by atoms with van der Waals surface area (Å²) in [7, 11) is 0. The highest BCUT2D eigenvalue weighted by Crippen LogP contribution is 1.44.